The molecule has 0 saturated heterocycles. The summed E-state index contributed by atoms with van der Waals surface area (Å²) in [5.41, 5.74) is 3.20. The Kier molecular flexibility index (Phi) is 4.64. The fraction of sp³-hybridized carbons (Fsp3) is 0.556. The SMILES string of the molecule is CCS(=O)(=O)CCNc1ncnc(NN)c1C. The Hall–Kier alpha value is -1.41. The van der Waals surface area contributed by atoms with Crippen LogP contribution in [0.4, 0.5) is 11.6 Å². The van der Waals surface area contributed by atoms with Gasteiger partial charge in [-0.2, -0.15) is 0 Å². The first-order chi connectivity index (χ1) is 8.00. The van der Waals surface area contributed by atoms with Gasteiger partial charge in [-0.05, 0) is 6.92 Å². The Bertz CT molecular complexity index is 474. The normalized spacial score (nSPS) is 11.2. The second-order valence-corrected chi connectivity index (χ2v) is 5.98. The van der Waals surface area contributed by atoms with Crippen molar-refractivity contribution in [2.75, 3.05) is 28.8 Å². The van der Waals surface area contributed by atoms with Crippen molar-refractivity contribution < 1.29 is 8.42 Å². The predicted molar refractivity (Wildman–Crippen MR) is 67.4 cm³/mol. The molecule has 0 fully saturated rings. The molecule has 0 bridgehead atoms. The maximum Gasteiger partial charge on any atom is 0.151 e. The topological polar surface area (TPSA) is 110 Å². The minimum Gasteiger partial charge on any atom is -0.369 e. The van der Waals surface area contributed by atoms with Crippen LogP contribution in [0.15, 0.2) is 6.33 Å². The van der Waals surface area contributed by atoms with Gasteiger partial charge in [0.05, 0.1) is 5.75 Å². The van der Waals surface area contributed by atoms with Crippen LogP contribution in [-0.2, 0) is 9.84 Å². The molecule has 1 heterocycles. The van der Waals surface area contributed by atoms with Crippen molar-refractivity contribution in [2.24, 2.45) is 5.84 Å². The highest BCUT2D eigenvalue weighted by Crippen LogP contribution is 2.16. The zero-order valence-electron chi connectivity index (χ0n) is 9.90. The molecule has 0 radical (unpaired) electrons. The highest BCUT2D eigenvalue weighted by Gasteiger charge is 2.09. The number of hydrazine groups is 1. The molecular weight excluding hydrogens is 242 g/mol. The summed E-state index contributed by atoms with van der Waals surface area (Å²) in [6.45, 7) is 3.74. The molecule has 0 atom stereocenters. The van der Waals surface area contributed by atoms with E-state index in [9.17, 15) is 8.42 Å². The first-order valence-electron chi connectivity index (χ1n) is 5.22. The van der Waals surface area contributed by atoms with Crippen LogP contribution in [0.5, 0.6) is 0 Å². The standard InChI is InChI=1S/C9H17N5O2S/c1-3-17(15,16)5-4-11-8-7(2)9(14-10)13-6-12-8/h6H,3-5,10H2,1-2H3,(H2,11,12,13,14). The quantitative estimate of drug-likeness (QED) is 0.484. The number of nitrogens with zero attached hydrogens (tertiary/aromatic N) is 2. The van der Waals surface area contributed by atoms with Crippen LogP contribution in [0.25, 0.3) is 0 Å². The number of nitrogens with two attached hydrogens (primary N) is 1. The molecule has 0 aliphatic heterocycles. The van der Waals surface area contributed by atoms with Crippen LogP contribution in [0.2, 0.25) is 0 Å². The Morgan fingerprint density at radius 1 is 1.35 bits per heavy atom. The first kappa shape index (κ1) is 13.7. The van der Waals surface area contributed by atoms with Gasteiger partial charge in [0.1, 0.15) is 18.0 Å². The number of anilines is 2. The molecule has 96 valence electrons. The van der Waals surface area contributed by atoms with E-state index in [1.807, 2.05) is 0 Å². The van der Waals surface area contributed by atoms with E-state index in [0.29, 0.717) is 18.2 Å². The average Bonchev–Trinajstić information content (AvgIpc) is 2.31. The molecule has 0 aliphatic carbocycles. The van der Waals surface area contributed by atoms with Gasteiger partial charge >= 0.3 is 0 Å². The number of nitrogens with one attached hydrogen (secondary N) is 2. The molecule has 17 heavy (non-hydrogen) atoms. The number of hydrogen-bond donors (Lipinski definition) is 3. The van der Waals surface area contributed by atoms with E-state index >= 15 is 0 Å². The van der Waals surface area contributed by atoms with Gasteiger partial charge in [-0.15, -0.1) is 0 Å². The van der Waals surface area contributed by atoms with Crippen LogP contribution in [0.3, 0.4) is 0 Å². The average molecular weight is 259 g/mol. The third-order valence-corrected chi connectivity index (χ3v) is 4.07. The predicted octanol–water partition coefficient (Wildman–Crippen LogP) is -0.0828. The monoisotopic (exact) mass is 259 g/mol. The minimum absolute atomic E-state index is 0.0817. The molecule has 1 aromatic heterocycles. The van der Waals surface area contributed by atoms with E-state index in [4.69, 9.17) is 5.84 Å². The van der Waals surface area contributed by atoms with Crippen LogP contribution in [0, 0.1) is 6.92 Å². The smallest absolute Gasteiger partial charge is 0.151 e. The molecule has 0 aromatic carbocycles. The van der Waals surface area contributed by atoms with Crippen LogP contribution >= 0.6 is 0 Å². The lowest BCUT2D eigenvalue weighted by Gasteiger charge is -2.10. The largest absolute Gasteiger partial charge is 0.369 e. The molecule has 1 rings (SSSR count). The minimum atomic E-state index is -2.96. The summed E-state index contributed by atoms with van der Waals surface area (Å²) in [4.78, 5) is 7.94. The van der Waals surface area contributed by atoms with Gasteiger partial charge in [0.15, 0.2) is 9.84 Å². The lowest BCUT2D eigenvalue weighted by Crippen LogP contribution is -2.19. The molecule has 0 spiro atoms. The third-order valence-electron chi connectivity index (χ3n) is 2.37. The molecule has 7 nitrogen and oxygen atoms in total. The summed E-state index contributed by atoms with van der Waals surface area (Å²) in [6.07, 6.45) is 1.36. The van der Waals surface area contributed by atoms with Crippen LogP contribution in [-0.4, -0.2) is 36.4 Å². The first-order valence-corrected chi connectivity index (χ1v) is 7.04. The van der Waals surface area contributed by atoms with Gasteiger partial charge in [-0.1, -0.05) is 6.92 Å². The summed E-state index contributed by atoms with van der Waals surface area (Å²) < 4.78 is 22.6. The summed E-state index contributed by atoms with van der Waals surface area (Å²) >= 11 is 0. The molecule has 1 aromatic rings. The number of nitrogen functional groups attached to an aromatic ring is 1. The van der Waals surface area contributed by atoms with E-state index in [-0.39, 0.29) is 11.5 Å². The van der Waals surface area contributed by atoms with Crippen molar-refractivity contribution >= 4 is 21.5 Å². The number of sulfone groups is 1. The van der Waals surface area contributed by atoms with E-state index in [2.05, 4.69) is 20.7 Å². The maximum atomic E-state index is 11.3. The maximum absolute atomic E-state index is 11.3. The summed E-state index contributed by atoms with van der Waals surface area (Å²) in [5.74, 6) is 6.60. The van der Waals surface area contributed by atoms with Crippen molar-refractivity contribution in [3.8, 4) is 0 Å². The lowest BCUT2D eigenvalue weighted by molar-refractivity contribution is 0.597. The number of hydrogen-bond acceptors (Lipinski definition) is 7. The summed E-state index contributed by atoms with van der Waals surface area (Å²) in [7, 11) is -2.96. The molecule has 4 N–H and O–H groups in total. The zero-order chi connectivity index (χ0) is 12.9. The number of aromatic nitrogens is 2. The van der Waals surface area contributed by atoms with E-state index < -0.39 is 9.84 Å². The summed E-state index contributed by atoms with van der Waals surface area (Å²) in [5, 5.41) is 2.95. The van der Waals surface area contributed by atoms with Gasteiger partial charge in [-0.3, -0.25) is 0 Å². The third kappa shape index (κ3) is 3.82. The fourth-order valence-corrected chi connectivity index (χ4v) is 1.94. The molecule has 0 aliphatic rings. The zero-order valence-corrected chi connectivity index (χ0v) is 10.7. The molecule has 8 heteroatoms. The van der Waals surface area contributed by atoms with E-state index in [1.165, 1.54) is 6.33 Å². The molecule has 0 amide bonds. The fourth-order valence-electron chi connectivity index (χ4n) is 1.24. The summed E-state index contributed by atoms with van der Waals surface area (Å²) in [6, 6.07) is 0. The Balaban J connectivity index is 2.64. The van der Waals surface area contributed by atoms with Crippen LogP contribution in [0.1, 0.15) is 12.5 Å². The van der Waals surface area contributed by atoms with Crippen molar-refractivity contribution in [3.05, 3.63) is 11.9 Å². The van der Waals surface area contributed by atoms with Crippen molar-refractivity contribution in [2.45, 2.75) is 13.8 Å². The highest BCUT2D eigenvalue weighted by molar-refractivity contribution is 7.91. The van der Waals surface area contributed by atoms with E-state index in [1.54, 1.807) is 13.8 Å². The lowest BCUT2D eigenvalue weighted by atomic mass is 10.3. The Morgan fingerprint density at radius 2 is 2.00 bits per heavy atom. The van der Waals surface area contributed by atoms with Gasteiger partial charge in [0.2, 0.25) is 0 Å². The van der Waals surface area contributed by atoms with Gasteiger partial charge < -0.3 is 10.7 Å². The highest BCUT2D eigenvalue weighted by atomic mass is 32.2. The van der Waals surface area contributed by atoms with Crippen molar-refractivity contribution in [3.63, 3.8) is 0 Å². The van der Waals surface area contributed by atoms with E-state index in [0.717, 1.165) is 5.56 Å². The molecule has 0 unspecified atom stereocenters. The van der Waals surface area contributed by atoms with Gasteiger partial charge in [0, 0.05) is 17.9 Å². The van der Waals surface area contributed by atoms with Crippen molar-refractivity contribution in [1.29, 1.82) is 0 Å². The molecular formula is C9H17N5O2S. The Labute approximate surface area is 101 Å². The number of rotatable bonds is 6. The second-order valence-electron chi connectivity index (χ2n) is 3.50. The van der Waals surface area contributed by atoms with Crippen LogP contribution < -0.4 is 16.6 Å². The van der Waals surface area contributed by atoms with Gasteiger partial charge in [-0.25, -0.2) is 24.2 Å². The van der Waals surface area contributed by atoms with Gasteiger partial charge in [0.25, 0.3) is 0 Å². The molecule has 0 saturated carbocycles. The Morgan fingerprint density at radius 3 is 2.59 bits per heavy atom. The second kappa shape index (κ2) is 5.78. The van der Waals surface area contributed by atoms with Crippen molar-refractivity contribution in [1.82, 2.24) is 9.97 Å².